The van der Waals surface area contributed by atoms with Crippen molar-refractivity contribution >= 4 is 67.9 Å². The van der Waals surface area contributed by atoms with E-state index in [1.54, 1.807) is 12.1 Å². The lowest BCUT2D eigenvalue weighted by Gasteiger charge is -2.13. The second-order valence-corrected chi connectivity index (χ2v) is 6.35. The van der Waals surface area contributed by atoms with Gasteiger partial charge < -0.3 is 9.47 Å². The van der Waals surface area contributed by atoms with Gasteiger partial charge in [0.1, 0.15) is 11.5 Å². The maximum absolute atomic E-state index is 11.2. The molecular formula is C14H10I2O4. The second kappa shape index (κ2) is 6.25. The van der Waals surface area contributed by atoms with Crippen LogP contribution in [0.4, 0.5) is 0 Å². The Bertz CT molecular complexity index is 649. The third-order valence-electron chi connectivity index (χ3n) is 2.49. The van der Waals surface area contributed by atoms with Crippen molar-refractivity contribution in [3.63, 3.8) is 0 Å². The summed E-state index contributed by atoms with van der Waals surface area (Å²) in [6.07, 6.45) is 0. The number of carbonyl (C=O) groups excluding carboxylic acids is 2. The van der Waals surface area contributed by atoms with Crippen LogP contribution in [0.3, 0.4) is 0 Å². The van der Waals surface area contributed by atoms with E-state index >= 15 is 0 Å². The number of halogens is 2. The summed E-state index contributed by atoms with van der Waals surface area (Å²) in [6.45, 7) is 2.71. The number of rotatable bonds is 2. The molecule has 0 N–H and O–H groups in total. The molecule has 0 atom stereocenters. The maximum Gasteiger partial charge on any atom is 0.308 e. The Morgan fingerprint density at radius 3 is 1.45 bits per heavy atom. The van der Waals surface area contributed by atoms with Gasteiger partial charge in [-0.25, -0.2) is 0 Å². The van der Waals surface area contributed by atoms with E-state index in [9.17, 15) is 9.59 Å². The van der Waals surface area contributed by atoms with Crippen molar-refractivity contribution in [2.24, 2.45) is 0 Å². The van der Waals surface area contributed by atoms with Gasteiger partial charge in [-0.1, -0.05) is 0 Å². The number of esters is 2. The first-order chi connectivity index (χ1) is 9.40. The topological polar surface area (TPSA) is 52.6 Å². The van der Waals surface area contributed by atoms with E-state index in [4.69, 9.17) is 9.47 Å². The quantitative estimate of drug-likeness (QED) is 0.360. The van der Waals surface area contributed by atoms with Gasteiger partial charge in [0.25, 0.3) is 0 Å². The third kappa shape index (κ3) is 3.22. The lowest BCUT2D eigenvalue weighted by atomic mass is 10.1. The molecule has 0 spiro atoms. The van der Waals surface area contributed by atoms with Crippen molar-refractivity contribution in [1.82, 2.24) is 0 Å². The van der Waals surface area contributed by atoms with E-state index in [1.807, 2.05) is 12.1 Å². The molecule has 0 heterocycles. The molecule has 0 saturated carbocycles. The summed E-state index contributed by atoms with van der Waals surface area (Å²) in [5.41, 5.74) is 0. The lowest BCUT2D eigenvalue weighted by Crippen LogP contribution is -2.05. The molecule has 6 heteroatoms. The molecule has 0 aliphatic rings. The number of benzene rings is 2. The highest BCUT2D eigenvalue weighted by Crippen LogP contribution is 2.39. The van der Waals surface area contributed by atoms with E-state index in [1.165, 1.54) is 13.8 Å². The smallest absolute Gasteiger partial charge is 0.308 e. The highest BCUT2D eigenvalue weighted by molar-refractivity contribution is 14.1. The zero-order valence-electron chi connectivity index (χ0n) is 10.7. The standard InChI is InChI=1S/C14H10I2O4/c1-7(17)19-11-5-6-12(20-8(2)18)14-10(16)4-3-9(15)13(11)14/h3-6H,1-2H3. The molecule has 4 nitrogen and oxygen atoms in total. The molecule has 0 fully saturated rings. The number of carbonyl (C=O) groups is 2. The molecular weight excluding hydrogens is 486 g/mol. The molecule has 0 bridgehead atoms. The Labute approximate surface area is 143 Å². The van der Waals surface area contributed by atoms with E-state index in [-0.39, 0.29) is 11.9 Å². The molecule has 20 heavy (non-hydrogen) atoms. The predicted molar refractivity (Wildman–Crippen MR) is 92.0 cm³/mol. The van der Waals surface area contributed by atoms with Crippen molar-refractivity contribution in [3.05, 3.63) is 31.4 Å². The first kappa shape index (κ1) is 15.5. The summed E-state index contributed by atoms with van der Waals surface area (Å²) in [4.78, 5) is 22.4. The van der Waals surface area contributed by atoms with Gasteiger partial charge in [-0.15, -0.1) is 0 Å². The largest absolute Gasteiger partial charge is 0.426 e. The van der Waals surface area contributed by atoms with E-state index in [0.717, 1.165) is 17.9 Å². The van der Waals surface area contributed by atoms with E-state index in [2.05, 4.69) is 45.2 Å². The summed E-state index contributed by atoms with van der Waals surface area (Å²) in [7, 11) is 0. The number of hydrogen-bond donors (Lipinski definition) is 0. The summed E-state index contributed by atoms with van der Waals surface area (Å²) < 4.78 is 12.3. The normalized spacial score (nSPS) is 10.4. The first-order valence-corrected chi connectivity index (χ1v) is 7.83. The summed E-state index contributed by atoms with van der Waals surface area (Å²) in [6, 6.07) is 7.13. The Balaban J connectivity index is 2.78. The zero-order chi connectivity index (χ0) is 14.9. The van der Waals surface area contributed by atoms with Crippen LogP contribution < -0.4 is 9.47 Å². The van der Waals surface area contributed by atoms with Crippen LogP contribution in [0.15, 0.2) is 24.3 Å². The zero-order valence-corrected chi connectivity index (χ0v) is 15.0. The van der Waals surface area contributed by atoms with Crippen molar-refractivity contribution in [2.45, 2.75) is 13.8 Å². The Hall–Kier alpha value is -0.900. The predicted octanol–water partition coefficient (Wildman–Crippen LogP) is 3.90. The average Bonchev–Trinajstić information content (AvgIpc) is 2.34. The van der Waals surface area contributed by atoms with Gasteiger partial charge in [0, 0.05) is 31.8 Å². The summed E-state index contributed by atoms with van der Waals surface area (Å²) in [5, 5.41) is 1.54. The van der Waals surface area contributed by atoms with Gasteiger partial charge in [0.05, 0.1) is 0 Å². The van der Waals surface area contributed by atoms with Crippen LogP contribution in [0.1, 0.15) is 13.8 Å². The van der Waals surface area contributed by atoms with Crippen molar-refractivity contribution < 1.29 is 19.1 Å². The van der Waals surface area contributed by atoms with E-state index < -0.39 is 0 Å². The molecule has 0 aliphatic carbocycles. The Morgan fingerprint density at radius 2 is 1.15 bits per heavy atom. The second-order valence-electron chi connectivity index (χ2n) is 4.03. The van der Waals surface area contributed by atoms with Gasteiger partial charge in [-0.2, -0.15) is 0 Å². The number of ether oxygens (including phenoxy) is 2. The molecule has 0 unspecified atom stereocenters. The molecule has 0 aliphatic heterocycles. The van der Waals surface area contributed by atoms with E-state index in [0.29, 0.717) is 11.5 Å². The fraction of sp³-hybridized carbons (Fsp3) is 0.143. The minimum atomic E-state index is -0.388. The SMILES string of the molecule is CC(=O)Oc1ccc(OC(C)=O)c2c(I)ccc(I)c12. The number of fused-ring (bicyclic) bond motifs is 1. The van der Waals surface area contributed by atoms with Gasteiger partial charge in [-0.3, -0.25) is 9.59 Å². The minimum Gasteiger partial charge on any atom is -0.426 e. The highest BCUT2D eigenvalue weighted by atomic mass is 127. The van der Waals surface area contributed by atoms with Gasteiger partial charge in [0.2, 0.25) is 0 Å². The van der Waals surface area contributed by atoms with Crippen LogP contribution in [0, 0.1) is 7.14 Å². The fourth-order valence-electron chi connectivity index (χ4n) is 1.83. The third-order valence-corrected chi connectivity index (χ3v) is 4.29. The maximum atomic E-state index is 11.2. The monoisotopic (exact) mass is 496 g/mol. The van der Waals surface area contributed by atoms with Crippen molar-refractivity contribution in [1.29, 1.82) is 0 Å². The Kier molecular flexibility index (Phi) is 4.84. The molecule has 0 amide bonds. The van der Waals surface area contributed by atoms with Gasteiger partial charge in [-0.05, 0) is 69.4 Å². The first-order valence-electron chi connectivity index (χ1n) is 5.67. The molecule has 2 aromatic rings. The molecule has 0 radical (unpaired) electrons. The van der Waals surface area contributed by atoms with Crippen molar-refractivity contribution in [2.75, 3.05) is 0 Å². The van der Waals surface area contributed by atoms with Crippen LogP contribution >= 0.6 is 45.2 Å². The molecule has 0 saturated heterocycles. The summed E-state index contributed by atoms with van der Waals surface area (Å²) >= 11 is 4.32. The van der Waals surface area contributed by atoms with Crippen LogP contribution in [0.25, 0.3) is 10.8 Å². The average molecular weight is 496 g/mol. The minimum absolute atomic E-state index is 0.388. The molecule has 104 valence electrons. The Morgan fingerprint density at radius 1 is 0.800 bits per heavy atom. The number of hydrogen-bond acceptors (Lipinski definition) is 4. The van der Waals surface area contributed by atoms with Gasteiger partial charge in [0.15, 0.2) is 0 Å². The van der Waals surface area contributed by atoms with Gasteiger partial charge >= 0.3 is 11.9 Å². The summed E-state index contributed by atoms with van der Waals surface area (Å²) in [5.74, 6) is 0.153. The van der Waals surface area contributed by atoms with Crippen molar-refractivity contribution in [3.8, 4) is 11.5 Å². The van der Waals surface area contributed by atoms with Crippen LogP contribution in [-0.2, 0) is 9.59 Å². The molecule has 2 rings (SSSR count). The molecule has 0 aromatic heterocycles. The van der Waals surface area contributed by atoms with Crippen LogP contribution in [0.2, 0.25) is 0 Å². The lowest BCUT2D eigenvalue weighted by molar-refractivity contribution is -0.132. The molecule has 2 aromatic carbocycles. The fourth-order valence-corrected chi connectivity index (χ4v) is 3.26. The van der Waals surface area contributed by atoms with Crippen LogP contribution in [0.5, 0.6) is 11.5 Å². The highest BCUT2D eigenvalue weighted by Gasteiger charge is 2.16. The van der Waals surface area contributed by atoms with Crippen LogP contribution in [-0.4, -0.2) is 11.9 Å².